The van der Waals surface area contributed by atoms with Crippen LogP contribution < -0.4 is 0 Å². The molecule has 156 valence electrons. The quantitative estimate of drug-likeness (QED) is 0.623. The van der Waals surface area contributed by atoms with Crippen molar-refractivity contribution in [3.8, 4) is 0 Å². The summed E-state index contributed by atoms with van der Waals surface area (Å²) in [4.78, 5) is 31.8. The molecule has 0 spiro atoms. The molecule has 1 aromatic heterocycles. The van der Waals surface area contributed by atoms with Gasteiger partial charge >= 0.3 is 0 Å². The van der Waals surface area contributed by atoms with Crippen LogP contribution in [0.1, 0.15) is 29.3 Å². The third-order valence-corrected chi connectivity index (χ3v) is 5.32. The van der Waals surface area contributed by atoms with Gasteiger partial charge < -0.3 is 10.0 Å². The molecule has 3 aromatic rings. The number of aryl methyl sites for hydroxylation is 1. The molecule has 0 saturated carbocycles. The van der Waals surface area contributed by atoms with Crippen LogP contribution in [-0.2, 0) is 22.6 Å². The van der Waals surface area contributed by atoms with Crippen molar-refractivity contribution in [1.82, 2.24) is 9.88 Å². The summed E-state index contributed by atoms with van der Waals surface area (Å²) in [5.41, 5.74) is 2.23. The standard InChI is InChI=1S/C25H21FN2O3/c26-19-12-9-18(10-13-19)16-28-23(20-8-4-5-15-27-20)22(24(30)25(28)31)21(29)14-11-17-6-2-1-3-7-17/h1-10,12-13,15,23,30H,11,14,16H2. The maximum absolute atomic E-state index is 13.3. The number of halogens is 1. The molecule has 1 aliphatic rings. The Bertz CT molecular complexity index is 1110. The van der Waals surface area contributed by atoms with Gasteiger partial charge in [0.15, 0.2) is 11.5 Å². The molecular formula is C25H21FN2O3. The molecule has 0 saturated heterocycles. The fourth-order valence-electron chi connectivity index (χ4n) is 3.77. The number of pyridine rings is 1. The van der Waals surface area contributed by atoms with Gasteiger partial charge in [0.1, 0.15) is 11.9 Å². The molecule has 4 rings (SSSR count). The van der Waals surface area contributed by atoms with Crippen molar-refractivity contribution in [1.29, 1.82) is 0 Å². The van der Waals surface area contributed by atoms with Gasteiger partial charge in [-0.3, -0.25) is 14.6 Å². The highest BCUT2D eigenvalue weighted by molar-refractivity contribution is 6.08. The summed E-state index contributed by atoms with van der Waals surface area (Å²) < 4.78 is 13.3. The summed E-state index contributed by atoms with van der Waals surface area (Å²) in [5, 5.41) is 10.6. The highest BCUT2D eigenvalue weighted by Crippen LogP contribution is 2.38. The smallest absolute Gasteiger partial charge is 0.290 e. The second-order valence-corrected chi connectivity index (χ2v) is 7.39. The average Bonchev–Trinajstić information content (AvgIpc) is 3.05. The van der Waals surface area contributed by atoms with E-state index in [1.54, 1.807) is 36.5 Å². The zero-order chi connectivity index (χ0) is 21.8. The molecule has 31 heavy (non-hydrogen) atoms. The lowest BCUT2D eigenvalue weighted by atomic mass is 9.95. The third-order valence-electron chi connectivity index (χ3n) is 5.32. The topological polar surface area (TPSA) is 70.5 Å². The van der Waals surface area contributed by atoms with Crippen molar-refractivity contribution in [2.24, 2.45) is 0 Å². The Kier molecular flexibility index (Phi) is 5.89. The number of carbonyl (C=O) groups is 2. The van der Waals surface area contributed by atoms with Crippen molar-refractivity contribution in [3.63, 3.8) is 0 Å². The lowest BCUT2D eigenvalue weighted by molar-refractivity contribution is -0.130. The van der Waals surface area contributed by atoms with Crippen LogP contribution in [0.4, 0.5) is 4.39 Å². The lowest BCUT2D eigenvalue weighted by Gasteiger charge is -2.26. The molecule has 0 radical (unpaired) electrons. The average molecular weight is 416 g/mol. The van der Waals surface area contributed by atoms with Gasteiger partial charge in [0.05, 0.1) is 11.3 Å². The first-order valence-corrected chi connectivity index (χ1v) is 10.0. The van der Waals surface area contributed by atoms with Crippen molar-refractivity contribution in [3.05, 3.63) is 113 Å². The van der Waals surface area contributed by atoms with Crippen molar-refractivity contribution < 1.29 is 19.1 Å². The van der Waals surface area contributed by atoms with Crippen LogP contribution in [0.3, 0.4) is 0 Å². The molecule has 1 atom stereocenters. The van der Waals surface area contributed by atoms with E-state index in [1.165, 1.54) is 17.0 Å². The molecular weight excluding hydrogens is 395 g/mol. The Balaban J connectivity index is 1.64. The van der Waals surface area contributed by atoms with Gasteiger partial charge in [0, 0.05) is 19.2 Å². The second-order valence-electron chi connectivity index (χ2n) is 7.39. The summed E-state index contributed by atoms with van der Waals surface area (Å²) >= 11 is 0. The van der Waals surface area contributed by atoms with E-state index in [2.05, 4.69) is 4.98 Å². The number of ketones is 1. The predicted molar refractivity (Wildman–Crippen MR) is 113 cm³/mol. The largest absolute Gasteiger partial charge is 0.503 e. The Hall–Kier alpha value is -3.80. The first-order chi connectivity index (χ1) is 15.0. The van der Waals surface area contributed by atoms with Crippen LogP contribution in [0.15, 0.2) is 90.3 Å². The lowest BCUT2D eigenvalue weighted by Crippen LogP contribution is -2.31. The minimum absolute atomic E-state index is 0.0572. The van der Waals surface area contributed by atoms with E-state index in [-0.39, 0.29) is 30.1 Å². The highest BCUT2D eigenvalue weighted by atomic mass is 19.1. The van der Waals surface area contributed by atoms with Crippen molar-refractivity contribution >= 4 is 11.7 Å². The van der Waals surface area contributed by atoms with E-state index in [4.69, 9.17) is 0 Å². The molecule has 2 aromatic carbocycles. The molecule has 1 N–H and O–H groups in total. The number of benzene rings is 2. The molecule has 5 nitrogen and oxygen atoms in total. The number of aromatic nitrogens is 1. The SMILES string of the molecule is O=C(CCc1ccccc1)C1=C(O)C(=O)N(Cc2ccc(F)cc2)C1c1ccccn1. The van der Waals surface area contributed by atoms with Gasteiger partial charge in [0.25, 0.3) is 5.91 Å². The summed E-state index contributed by atoms with van der Waals surface area (Å²) in [5.74, 6) is -1.86. The van der Waals surface area contributed by atoms with E-state index in [9.17, 15) is 19.1 Å². The Morgan fingerprint density at radius 3 is 2.35 bits per heavy atom. The number of rotatable bonds is 7. The number of nitrogens with zero attached hydrogens (tertiary/aromatic N) is 2. The zero-order valence-corrected chi connectivity index (χ0v) is 16.7. The first-order valence-electron chi connectivity index (χ1n) is 10.0. The maximum atomic E-state index is 13.3. The van der Waals surface area contributed by atoms with Crippen LogP contribution in [-0.4, -0.2) is 26.7 Å². The molecule has 0 bridgehead atoms. The van der Waals surface area contributed by atoms with Crippen LogP contribution in [0.5, 0.6) is 0 Å². The maximum Gasteiger partial charge on any atom is 0.290 e. The number of Topliss-reactive ketones (excluding diaryl/α,β-unsaturated/α-hetero) is 1. The summed E-state index contributed by atoms with van der Waals surface area (Å²) in [6.07, 6.45) is 2.24. The fraction of sp³-hybridized carbons (Fsp3) is 0.160. The van der Waals surface area contributed by atoms with Gasteiger partial charge in [-0.2, -0.15) is 0 Å². The summed E-state index contributed by atoms with van der Waals surface area (Å²) in [6, 6.07) is 19.8. The number of amides is 1. The minimum atomic E-state index is -0.804. The summed E-state index contributed by atoms with van der Waals surface area (Å²) in [6.45, 7) is 0.111. The molecule has 6 heteroatoms. The Morgan fingerprint density at radius 2 is 1.68 bits per heavy atom. The number of aliphatic hydroxyl groups is 1. The zero-order valence-electron chi connectivity index (χ0n) is 16.7. The first kappa shape index (κ1) is 20.5. The molecule has 1 amide bonds. The van der Waals surface area contributed by atoms with Gasteiger partial charge in [-0.15, -0.1) is 0 Å². The van der Waals surface area contributed by atoms with E-state index in [0.717, 1.165) is 5.56 Å². The normalized spacial score (nSPS) is 16.1. The Morgan fingerprint density at radius 1 is 0.968 bits per heavy atom. The Labute approximate surface area is 179 Å². The van der Waals surface area contributed by atoms with Gasteiger partial charge in [0.2, 0.25) is 0 Å². The summed E-state index contributed by atoms with van der Waals surface area (Å²) in [7, 11) is 0. The van der Waals surface area contributed by atoms with Gasteiger partial charge in [-0.25, -0.2) is 4.39 Å². The van der Waals surface area contributed by atoms with Crippen molar-refractivity contribution in [2.45, 2.75) is 25.4 Å². The third kappa shape index (κ3) is 4.38. The van der Waals surface area contributed by atoms with E-state index < -0.39 is 17.7 Å². The van der Waals surface area contributed by atoms with Gasteiger partial charge in [-0.05, 0) is 41.8 Å². The molecule has 1 aliphatic heterocycles. The predicted octanol–water partition coefficient (Wildman–Crippen LogP) is 4.32. The van der Waals surface area contributed by atoms with Crippen LogP contribution in [0.2, 0.25) is 0 Å². The second kappa shape index (κ2) is 8.92. The molecule has 2 heterocycles. The van der Waals surface area contributed by atoms with E-state index in [1.807, 2.05) is 30.3 Å². The minimum Gasteiger partial charge on any atom is -0.503 e. The number of hydrogen-bond acceptors (Lipinski definition) is 4. The van der Waals surface area contributed by atoms with Gasteiger partial charge in [-0.1, -0.05) is 48.5 Å². The number of hydrogen-bond donors (Lipinski definition) is 1. The van der Waals surface area contributed by atoms with Crippen LogP contribution in [0.25, 0.3) is 0 Å². The van der Waals surface area contributed by atoms with E-state index >= 15 is 0 Å². The number of aliphatic hydroxyl groups excluding tert-OH is 1. The van der Waals surface area contributed by atoms with Crippen LogP contribution in [0, 0.1) is 5.82 Å². The number of carbonyl (C=O) groups excluding carboxylic acids is 2. The fourth-order valence-corrected chi connectivity index (χ4v) is 3.77. The highest BCUT2D eigenvalue weighted by Gasteiger charge is 2.43. The van der Waals surface area contributed by atoms with E-state index in [0.29, 0.717) is 17.7 Å². The van der Waals surface area contributed by atoms with Crippen LogP contribution >= 0.6 is 0 Å². The molecule has 1 unspecified atom stereocenters. The monoisotopic (exact) mass is 416 g/mol. The molecule has 0 fully saturated rings. The van der Waals surface area contributed by atoms with Crippen molar-refractivity contribution in [2.75, 3.05) is 0 Å². The molecule has 0 aliphatic carbocycles.